The number of carbonyl (C=O) groups excluding carboxylic acids is 1. The lowest BCUT2D eigenvalue weighted by atomic mass is 9.70. The maximum absolute atomic E-state index is 12.9. The van der Waals surface area contributed by atoms with Gasteiger partial charge in [0.25, 0.3) is 11.5 Å². The van der Waals surface area contributed by atoms with Gasteiger partial charge in [-0.2, -0.15) is 0 Å². The summed E-state index contributed by atoms with van der Waals surface area (Å²) < 4.78 is 7.52. The highest BCUT2D eigenvalue weighted by molar-refractivity contribution is 5.94. The Hall–Kier alpha value is -1.66. The minimum atomic E-state index is -0.250. The first kappa shape index (κ1) is 17.7. The van der Waals surface area contributed by atoms with Crippen LogP contribution in [0.15, 0.2) is 16.9 Å². The molecule has 3 heterocycles. The summed E-state index contributed by atoms with van der Waals surface area (Å²) in [5, 5.41) is 3.17. The number of amides is 1. The largest absolute Gasteiger partial charge is 0.376 e. The Bertz CT molecular complexity index is 746. The second-order valence-corrected chi connectivity index (χ2v) is 8.21. The Labute approximate surface area is 154 Å². The van der Waals surface area contributed by atoms with Crippen LogP contribution in [0.3, 0.4) is 0 Å². The number of nitrogens with zero attached hydrogens (tertiary/aromatic N) is 2. The summed E-state index contributed by atoms with van der Waals surface area (Å²) in [6, 6.07) is 3.91. The number of nitrogens with one attached hydrogen (secondary N) is 1. The van der Waals surface area contributed by atoms with Crippen molar-refractivity contribution in [2.75, 3.05) is 19.7 Å². The van der Waals surface area contributed by atoms with E-state index in [1.54, 1.807) is 17.7 Å². The average molecular weight is 359 g/mol. The van der Waals surface area contributed by atoms with Crippen LogP contribution in [0.4, 0.5) is 0 Å². The van der Waals surface area contributed by atoms with E-state index in [1.807, 2.05) is 19.9 Å². The standard InChI is InChI=1S/C20H29N3O3/c1-12(2)15-7-6-14(20(25)22(15)3)19(24)21-16-13-8-11-26-18(13)17(16)23-9-4-5-10-23/h6-7,12-13,16-18H,4-5,8-11H2,1-3H3,(H,21,24)/t13-,16+,17-,18-/m1/s1. The van der Waals surface area contributed by atoms with Gasteiger partial charge in [-0.15, -0.1) is 0 Å². The van der Waals surface area contributed by atoms with E-state index in [2.05, 4.69) is 10.2 Å². The van der Waals surface area contributed by atoms with E-state index in [1.165, 1.54) is 12.8 Å². The molecule has 6 nitrogen and oxygen atoms in total. The van der Waals surface area contributed by atoms with Crippen molar-refractivity contribution < 1.29 is 9.53 Å². The summed E-state index contributed by atoms with van der Waals surface area (Å²) >= 11 is 0. The number of fused-ring (bicyclic) bond motifs is 1. The van der Waals surface area contributed by atoms with Gasteiger partial charge < -0.3 is 14.6 Å². The van der Waals surface area contributed by atoms with E-state index in [4.69, 9.17) is 4.74 Å². The lowest BCUT2D eigenvalue weighted by Crippen LogP contribution is -2.70. The third kappa shape index (κ3) is 2.79. The number of carbonyl (C=O) groups is 1. The van der Waals surface area contributed by atoms with Gasteiger partial charge in [-0.25, -0.2) is 0 Å². The number of ether oxygens (including phenoxy) is 1. The van der Waals surface area contributed by atoms with E-state index in [9.17, 15) is 9.59 Å². The molecule has 4 rings (SSSR count). The smallest absolute Gasteiger partial charge is 0.263 e. The molecule has 142 valence electrons. The van der Waals surface area contributed by atoms with E-state index in [0.29, 0.717) is 5.92 Å². The second-order valence-electron chi connectivity index (χ2n) is 8.21. The predicted molar refractivity (Wildman–Crippen MR) is 99.5 cm³/mol. The van der Waals surface area contributed by atoms with Crippen LogP contribution >= 0.6 is 0 Å². The van der Waals surface area contributed by atoms with E-state index >= 15 is 0 Å². The molecule has 0 aromatic carbocycles. The quantitative estimate of drug-likeness (QED) is 0.885. The first-order valence-corrected chi connectivity index (χ1v) is 9.85. The van der Waals surface area contributed by atoms with Crippen molar-refractivity contribution in [3.63, 3.8) is 0 Å². The molecular weight excluding hydrogens is 330 g/mol. The molecule has 1 aromatic rings. The number of rotatable bonds is 4. The van der Waals surface area contributed by atoms with Crippen molar-refractivity contribution in [1.82, 2.24) is 14.8 Å². The number of hydrogen-bond donors (Lipinski definition) is 1. The lowest BCUT2D eigenvalue weighted by Gasteiger charge is -2.51. The molecule has 3 fully saturated rings. The molecule has 1 N–H and O–H groups in total. The molecule has 1 amide bonds. The summed E-state index contributed by atoms with van der Waals surface area (Å²) in [7, 11) is 1.74. The highest BCUT2D eigenvalue weighted by Crippen LogP contribution is 2.42. The van der Waals surface area contributed by atoms with Crippen LogP contribution in [0.25, 0.3) is 0 Å². The highest BCUT2D eigenvalue weighted by Gasteiger charge is 2.56. The Morgan fingerprint density at radius 3 is 2.69 bits per heavy atom. The fourth-order valence-electron chi connectivity index (χ4n) is 4.97. The number of hydrogen-bond acceptors (Lipinski definition) is 4. The van der Waals surface area contributed by atoms with Crippen LogP contribution in [-0.2, 0) is 11.8 Å². The van der Waals surface area contributed by atoms with Crippen molar-refractivity contribution in [2.45, 2.75) is 57.2 Å². The van der Waals surface area contributed by atoms with Crippen molar-refractivity contribution in [1.29, 1.82) is 0 Å². The summed E-state index contributed by atoms with van der Waals surface area (Å²) in [6.45, 7) is 7.02. The summed E-state index contributed by atoms with van der Waals surface area (Å²) in [5.74, 6) is 0.371. The molecule has 0 spiro atoms. The van der Waals surface area contributed by atoms with Gasteiger partial charge in [-0.3, -0.25) is 14.5 Å². The first-order chi connectivity index (χ1) is 12.5. The Morgan fingerprint density at radius 2 is 2.00 bits per heavy atom. The topological polar surface area (TPSA) is 63.6 Å². The molecule has 26 heavy (non-hydrogen) atoms. The summed E-state index contributed by atoms with van der Waals surface area (Å²) in [6.07, 6.45) is 3.66. The Balaban J connectivity index is 1.54. The first-order valence-electron chi connectivity index (χ1n) is 9.85. The molecule has 4 atom stereocenters. The van der Waals surface area contributed by atoms with Gasteiger partial charge in [0.1, 0.15) is 5.56 Å². The lowest BCUT2D eigenvalue weighted by molar-refractivity contribution is -0.0747. The van der Waals surface area contributed by atoms with Gasteiger partial charge in [-0.05, 0) is 50.4 Å². The molecule has 3 aliphatic rings. The number of likely N-dealkylation sites (tertiary alicyclic amines) is 1. The average Bonchev–Trinajstić information content (AvgIpc) is 3.25. The highest BCUT2D eigenvalue weighted by atomic mass is 16.5. The second kappa shape index (κ2) is 6.82. The van der Waals surface area contributed by atoms with Crippen molar-refractivity contribution in [3.05, 3.63) is 33.7 Å². The van der Waals surface area contributed by atoms with Gasteiger partial charge in [0.05, 0.1) is 18.2 Å². The Kier molecular flexibility index (Phi) is 4.65. The maximum Gasteiger partial charge on any atom is 0.263 e. The molecule has 1 aromatic heterocycles. The van der Waals surface area contributed by atoms with E-state index in [-0.39, 0.29) is 41.1 Å². The molecule has 1 saturated carbocycles. The third-order valence-corrected chi connectivity index (χ3v) is 6.39. The van der Waals surface area contributed by atoms with Crippen LogP contribution in [0.1, 0.15) is 55.1 Å². The molecule has 2 aliphatic heterocycles. The summed E-state index contributed by atoms with van der Waals surface area (Å²) in [5.41, 5.74) is 0.957. The van der Waals surface area contributed by atoms with Crippen molar-refractivity contribution in [2.24, 2.45) is 13.0 Å². The molecule has 0 bridgehead atoms. The third-order valence-electron chi connectivity index (χ3n) is 6.39. The molecular formula is C20H29N3O3. The molecule has 1 aliphatic carbocycles. The monoisotopic (exact) mass is 359 g/mol. The normalized spacial score (nSPS) is 31.1. The molecule has 2 saturated heterocycles. The maximum atomic E-state index is 12.9. The van der Waals surface area contributed by atoms with Crippen LogP contribution < -0.4 is 10.9 Å². The summed E-state index contributed by atoms with van der Waals surface area (Å²) in [4.78, 5) is 28.0. The Morgan fingerprint density at radius 1 is 1.27 bits per heavy atom. The van der Waals surface area contributed by atoms with Gasteiger partial charge in [0.15, 0.2) is 0 Å². The zero-order valence-electron chi connectivity index (χ0n) is 15.9. The van der Waals surface area contributed by atoms with E-state index in [0.717, 1.165) is 31.8 Å². The van der Waals surface area contributed by atoms with Gasteiger partial charge in [0.2, 0.25) is 0 Å². The number of pyridine rings is 1. The molecule has 6 heteroatoms. The fourth-order valence-corrected chi connectivity index (χ4v) is 4.97. The fraction of sp³-hybridized carbons (Fsp3) is 0.700. The van der Waals surface area contributed by atoms with Gasteiger partial charge >= 0.3 is 0 Å². The van der Waals surface area contributed by atoms with Gasteiger partial charge in [0, 0.05) is 25.3 Å². The molecule has 0 unspecified atom stereocenters. The minimum Gasteiger partial charge on any atom is -0.376 e. The zero-order chi connectivity index (χ0) is 18.4. The minimum absolute atomic E-state index is 0.0857. The zero-order valence-corrected chi connectivity index (χ0v) is 15.9. The van der Waals surface area contributed by atoms with Crippen LogP contribution in [0.2, 0.25) is 0 Å². The van der Waals surface area contributed by atoms with Crippen molar-refractivity contribution >= 4 is 5.91 Å². The van der Waals surface area contributed by atoms with Crippen molar-refractivity contribution in [3.8, 4) is 0 Å². The SMILES string of the molecule is CC(C)c1ccc(C(=O)N[C@H]2[C@H]3CCO[C@H]3[C@@H]2N2CCCC2)c(=O)n1C. The van der Waals surface area contributed by atoms with E-state index < -0.39 is 0 Å². The van der Waals surface area contributed by atoms with Crippen LogP contribution in [0, 0.1) is 5.92 Å². The number of aromatic nitrogens is 1. The predicted octanol–water partition coefficient (Wildman–Crippen LogP) is 1.49. The van der Waals surface area contributed by atoms with Crippen LogP contribution in [-0.4, -0.2) is 53.3 Å². The van der Waals surface area contributed by atoms with Gasteiger partial charge in [-0.1, -0.05) is 13.8 Å². The molecule has 0 radical (unpaired) electrons. The van der Waals surface area contributed by atoms with Crippen LogP contribution in [0.5, 0.6) is 0 Å².